The summed E-state index contributed by atoms with van der Waals surface area (Å²) in [4.78, 5) is 4.43. The number of hydrogen-bond donors (Lipinski definition) is 1. The third-order valence-corrected chi connectivity index (χ3v) is 5.68. The fourth-order valence-corrected chi connectivity index (χ4v) is 4.05. The smallest absolute Gasteiger partial charge is 0.262 e. The van der Waals surface area contributed by atoms with E-state index >= 15 is 0 Å². The second kappa shape index (κ2) is 7.90. The van der Waals surface area contributed by atoms with Gasteiger partial charge >= 0.3 is 0 Å². The number of hydrogen-bond acceptors (Lipinski definition) is 5. The van der Waals surface area contributed by atoms with Crippen LogP contribution in [0.15, 0.2) is 59.6 Å². The maximum Gasteiger partial charge on any atom is 0.262 e. The number of nitrogens with one attached hydrogen (secondary N) is 1. The van der Waals surface area contributed by atoms with Crippen LogP contribution in [0.1, 0.15) is 16.7 Å². The fourth-order valence-electron chi connectivity index (χ4n) is 2.68. The van der Waals surface area contributed by atoms with E-state index in [1.54, 1.807) is 44.4 Å². The highest BCUT2D eigenvalue weighted by Crippen LogP contribution is 2.31. The van der Waals surface area contributed by atoms with E-state index < -0.39 is 10.0 Å². The summed E-state index contributed by atoms with van der Waals surface area (Å²) in [5.74, 6) is 1.46. The summed E-state index contributed by atoms with van der Waals surface area (Å²) < 4.78 is 39.0. The molecule has 0 amide bonds. The molecule has 0 spiro atoms. The van der Waals surface area contributed by atoms with Gasteiger partial charge in [-0.15, -0.1) is 0 Å². The van der Waals surface area contributed by atoms with E-state index in [-0.39, 0.29) is 4.90 Å². The van der Waals surface area contributed by atoms with Crippen LogP contribution in [0.25, 0.3) is 0 Å². The number of rotatable bonds is 6. The molecule has 146 valence electrons. The molecule has 0 atom stereocenters. The quantitative estimate of drug-likeness (QED) is 0.656. The molecule has 3 aromatic rings. The van der Waals surface area contributed by atoms with Gasteiger partial charge in [-0.2, -0.15) is 0 Å². The van der Waals surface area contributed by atoms with Crippen molar-refractivity contribution in [1.82, 2.24) is 4.98 Å². The fraction of sp³-hybridized carbons (Fsp3) is 0.190. The number of ether oxygens (including phenoxy) is 2. The molecule has 0 aliphatic rings. The molecule has 0 saturated carbocycles. The number of pyridine rings is 1. The Morgan fingerprint density at radius 2 is 1.61 bits per heavy atom. The zero-order chi connectivity index (χ0) is 20.3. The Hall–Kier alpha value is -3.06. The van der Waals surface area contributed by atoms with Crippen molar-refractivity contribution in [3.05, 3.63) is 71.4 Å². The molecule has 0 aliphatic carbocycles. The number of nitrogens with zero attached hydrogens (tertiary/aromatic N) is 1. The molecule has 0 radical (unpaired) electrons. The second-order valence-corrected chi connectivity index (χ2v) is 8.17. The molecule has 0 aliphatic heterocycles. The monoisotopic (exact) mass is 398 g/mol. The molecule has 0 saturated heterocycles. The van der Waals surface area contributed by atoms with Gasteiger partial charge in [-0.1, -0.05) is 18.2 Å². The zero-order valence-corrected chi connectivity index (χ0v) is 17.0. The third kappa shape index (κ3) is 4.43. The molecule has 0 fully saturated rings. The lowest BCUT2D eigenvalue weighted by molar-refractivity contribution is 0.374. The molecule has 1 aromatic heterocycles. The summed E-state index contributed by atoms with van der Waals surface area (Å²) in [6.45, 7) is 5.57. The summed E-state index contributed by atoms with van der Waals surface area (Å²) in [6.07, 6.45) is 1.42. The molecular weight excluding hydrogens is 376 g/mol. The van der Waals surface area contributed by atoms with Crippen molar-refractivity contribution in [2.75, 3.05) is 11.8 Å². The molecule has 0 bridgehead atoms. The van der Waals surface area contributed by atoms with Crippen molar-refractivity contribution in [2.24, 2.45) is 0 Å². The minimum atomic E-state index is -3.70. The summed E-state index contributed by atoms with van der Waals surface area (Å²) in [5, 5.41) is 0. The molecule has 6 nitrogen and oxygen atoms in total. The Balaban J connectivity index is 1.79. The van der Waals surface area contributed by atoms with Crippen LogP contribution in [0.4, 0.5) is 5.69 Å². The van der Waals surface area contributed by atoms with Gasteiger partial charge in [-0.3, -0.25) is 4.72 Å². The highest BCUT2D eigenvalue weighted by atomic mass is 32.2. The lowest BCUT2D eigenvalue weighted by Crippen LogP contribution is -2.14. The lowest BCUT2D eigenvalue weighted by atomic mass is 10.2. The Morgan fingerprint density at radius 3 is 2.29 bits per heavy atom. The average Bonchev–Trinajstić information content (AvgIpc) is 2.66. The standard InChI is InChI=1S/C21H22N2O4S/c1-14-6-9-18(19(11-14)26-4)27-21-10-8-17(13-22-21)23-28(24,25)20-12-15(2)5-7-16(20)3/h5-13,23H,1-4H3. The van der Waals surface area contributed by atoms with E-state index in [0.717, 1.165) is 11.1 Å². The van der Waals surface area contributed by atoms with E-state index in [2.05, 4.69) is 9.71 Å². The van der Waals surface area contributed by atoms with E-state index in [9.17, 15) is 8.42 Å². The second-order valence-electron chi connectivity index (χ2n) is 6.52. The first kappa shape index (κ1) is 19.7. The molecule has 1 heterocycles. The maximum atomic E-state index is 12.7. The Labute approximate surface area is 165 Å². The third-order valence-electron chi connectivity index (χ3n) is 4.16. The van der Waals surface area contributed by atoms with Crippen molar-refractivity contribution in [3.63, 3.8) is 0 Å². The minimum Gasteiger partial charge on any atom is -0.493 e. The highest BCUT2D eigenvalue weighted by molar-refractivity contribution is 7.92. The van der Waals surface area contributed by atoms with Gasteiger partial charge < -0.3 is 9.47 Å². The van der Waals surface area contributed by atoms with Crippen LogP contribution in [-0.2, 0) is 10.0 Å². The predicted octanol–water partition coefficient (Wildman–Crippen LogP) is 4.61. The van der Waals surface area contributed by atoms with Crippen LogP contribution in [0.2, 0.25) is 0 Å². The Kier molecular flexibility index (Phi) is 5.56. The molecular formula is C21H22N2O4S. The number of methoxy groups -OCH3 is 1. The largest absolute Gasteiger partial charge is 0.493 e. The van der Waals surface area contributed by atoms with Crippen LogP contribution in [0.5, 0.6) is 17.4 Å². The number of aryl methyl sites for hydroxylation is 3. The lowest BCUT2D eigenvalue weighted by Gasteiger charge is -2.12. The van der Waals surface area contributed by atoms with Crippen molar-refractivity contribution in [1.29, 1.82) is 0 Å². The molecule has 2 aromatic carbocycles. The molecule has 0 unspecified atom stereocenters. The van der Waals surface area contributed by atoms with Gasteiger partial charge in [-0.05, 0) is 61.7 Å². The minimum absolute atomic E-state index is 0.247. The van der Waals surface area contributed by atoms with Gasteiger partial charge in [0.2, 0.25) is 5.88 Å². The van der Waals surface area contributed by atoms with Crippen LogP contribution >= 0.6 is 0 Å². The van der Waals surface area contributed by atoms with E-state index in [1.807, 2.05) is 32.0 Å². The van der Waals surface area contributed by atoms with Gasteiger partial charge in [0, 0.05) is 6.07 Å². The SMILES string of the molecule is COc1cc(C)ccc1Oc1ccc(NS(=O)(=O)c2cc(C)ccc2C)cn1. The summed E-state index contributed by atoms with van der Waals surface area (Å²) in [5.41, 5.74) is 2.95. The number of benzene rings is 2. The summed E-state index contributed by atoms with van der Waals surface area (Å²) in [6, 6.07) is 14.1. The summed E-state index contributed by atoms with van der Waals surface area (Å²) >= 11 is 0. The van der Waals surface area contributed by atoms with Crippen LogP contribution in [-0.4, -0.2) is 20.5 Å². The first-order chi connectivity index (χ1) is 13.3. The van der Waals surface area contributed by atoms with Crippen LogP contribution in [0, 0.1) is 20.8 Å². The number of sulfonamides is 1. The van der Waals surface area contributed by atoms with Gasteiger partial charge in [0.15, 0.2) is 11.5 Å². The normalized spacial score (nSPS) is 11.1. The first-order valence-corrected chi connectivity index (χ1v) is 10.2. The Bertz CT molecular complexity index is 1090. The average molecular weight is 398 g/mol. The number of aromatic nitrogens is 1. The highest BCUT2D eigenvalue weighted by Gasteiger charge is 2.17. The van der Waals surface area contributed by atoms with Crippen LogP contribution in [0.3, 0.4) is 0 Å². The van der Waals surface area contributed by atoms with Crippen molar-refractivity contribution >= 4 is 15.7 Å². The van der Waals surface area contributed by atoms with Crippen LogP contribution < -0.4 is 14.2 Å². The maximum absolute atomic E-state index is 12.7. The van der Waals surface area contributed by atoms with Gasteiger partial charge in [0.05, 0.1) is 23.9 Å². The Morgan fingerprint density at radius 1 is 0.893 bits per heavy atom. The van der Waals surface area contributed by atoms with Crippen molar-refractivity contribution in [3.8, 4) is 17.4 Å². The van der Waals surface area contributed by atoms with Crippen molar-refractivity contribution < 1.29 is 17.9 Å². The van der Waals surface area contributed by atoms with E-state index in [1.165, 1.54) is 6.20 Å². The topological polar surface area (TPSA) is 77.5 Å². The number of anilines is 1. The molecule has 3 rings (SSSR count). The zero-order valence-electron chi connectivity index (χ0n) is 16.2. The van der Waals surface area contributed by atoms with E-state index in [4.69, 9.17) is 9.47 Å². The van der Waals surface area contributed by atoms with Crippen molar-refractivity contribution in [2.45, 2.75) is 25.7 Å². The first-order valence-electron chi connectivity index (χ1n) is 8.67. The van der Waals surface area contributed by atoms with Gasteiger partial charge in [0.1, 0.15) is 0 Å². The van der Waals surface area contributed by atoms with E-state index in [0.29, 0.717) is 28.6 Å². The molecule has 28 heavy (non-hydrogen) atoms. The molecule has 1 N–H and O–H groups in total. The van der Waals surface area contributed by atoms with Gasteiger partial charge in [0.25, 0.3) is 10.0 Å². The molecule has 7 heteroatoms. The van der Waals surface area contributed by atoms with Gasteiger partial charge in [-0.25, -0.2) is 13.4 Å². The summed E-state index contributed by atoms with van der Waals surface area (Å²) in [7, 11) is -2.13. The predicted molar refractivity (Wildman–Crippen MR) is 109 cm³/mol.